The topological polar surface area (TPSA) is 26.3 Å². The van der Waals surface area contributed by atoms with Crippen molar-refractivity contribution in [2.75, 3.05) is 32.8 Å². The molecule has 0 saturated carbocycles. The molecule has 0 saturated heterocycles. The molecule has 0 aliphatic heterocycles. The number of carbonyl (C=O) groups excluding carboxylic acids is 1. The molecule has 0 unspecified atom stereocenters. The first-order valence-electron chi connectivity index (χ1n) is 4.02. The summed E-state index contributed by atoms with van der Waals surface area (Å²) in [6.45, 7) is 8.21. The third-order valence-corrected chi connectivity index (χ3v) is 3.70. The van der Waals surface area contributed by atoms with Gasteiger partial charge in [0.2, 0.25) is 0 Å². The molecule has 0 atom stereocenters. The van der Waals surface area contributed by atoms with Crippen LogP contribution in [-0.4, -0.2) is 38.7 Å². The van der Waals surface area contributed by atoms with Crippen molar-refractivity contribution in [1.29, 1.82) is 0 Å². The first kappa shape index (κ1) is 12.2. The van der Waals surface area contributed by atoms with Gasteiger partial charge in [-0.05, 0) is 0 Å². The van der Waals surface area contributed by atoms with Gasteiger partial charge in [-0.2, -0.15) is 0 Å². The van der Waals surface area contributed by atoms with Crippen LogP contribution in [-0.2, 0) is 9.53 Å². The molecule has 0 aliphatic rings. The molecule has 0 aromatic rings. The van der Waals surface area contributed by atoms with Crippen LogP contribution in [0, 0.1) is 0 Å². The second-order valence-electron chi connectivity index (χ2n) is 4.33. The third kappa shape index (κ3) is 10.2. The Morgan fingerprint density at radius 3 is 2.25 bits per heavy atom. The first-order valence-corrected chi connectivity index (χ1v) is 8.69. The molecule has 0 N–H and O–H groups in total. The van der Waals surface area contributed by atoms with Gasteiger partial charge in [0.15, 0.2) is 0 Å². The molecule has 0 rings (SSSR count). The number of ether oxygens (including phenoxy) is 1. The van der Waals surface area contributed by atoms with E-state index in [9.17, 15) is 4.79 Å². The number of esters is 1. The molecule has 4 heteroatoms. The monoisotopic (exact) mass is 212 g/mol. The van der Waals surface area contributed by atoms with E-state index in [0.29, 0.717) is 6.61 Å². The van der Waals surface area contributed by atoms with Crippen molar-refractivity contribution in [1.82, 2.24) is 0 Å². The van der Waals surface area contributed by atoms with Gasteiger partial charge in [0.25, 0.3) is 0 Å². The van der Waals surface area contributed by atoms with Crippen molar-refractivity contribution >= 4 is 23.2 Å². The Hall–Kier alpha value is 0.190. The number of halogens is 1. The summed E-state index contributed by atoms with van der Waals surface area (Å²) in [6.07, 6.45) is 1.82. The van der Waals surface area contributed by atoms with Crippen molar-refractivity contribution in [3.8, 4) is 0 Å². The molecule has 74 valence electrons. The van der Waals surface area contributed by atoms with Gasteiger partial charge in [-0.15, -0.1) is 0 Å². The maximum atomic E-state index is 10.4. The zero-order valence-electron chi connectivity index (χ0n) is 8.26. The fourth-order valence-electron chi connectivity index (χ4n) is 0.815. The van der Waals surface area contributed by atoms with Crippen molar-refractivity contribution in [3.05, 3.63) is 0 Å². The predicted molar refractivity (Wildman–Crippen MR) is 56.7 cm³/mol. The van der Waals surface area contributed by atoms with Crippen LogP contribution in [0.1, 0.15) is 13.3 Å². The van der Waals surface area contributed by atoms with E-state index in [4.69, 9.17) is 16.0 Å². The van der Waals surface area contributed by atoms with Crippen LogP contribution in [0.25, 0.3) is 0 Å². The van der Waals surface area contributed by atoms with Crippen molar-refractivity contribution in [3.63, 3.8) is 0 Å². The van der Waals surface area contributed by atoms with Crippen LogP contribution in [0.5, 0.6) is 0 Å². The Balaban J connectivity index is 3.52. The molecule has 0 amide bonds. The molecule has 0 heterocycles. The normalized spacial score (nSPS) is 14.9. The van der Waals surface area contributed by atoms with E-state index in [1.54, 1.807) is 0 Å². The van der Waals surface area contributed by atoms with Gasteiger partial charge in [-0.1, -0.05) is 0 Å². The molecule has 0 spiro atoms. The molecule has 0 aliphatic carbocycles. The van der Waals surface area contributed by atoms with Crippen LogP contribution in [0.4, 0.5) is 0 Å². The fourth-order valence-corrected chi connectivity index (χ4v) is 2.37. The maximum absolute atomic E-state index is 10.4. The Bertz CT molecular complexity index is 162. The standard InChI is InChI=1S/C8H18ClO2P/c1-8(10)11-6-5-7-12(2,3,4)9/h5-7H2,1-4H3. The molecular weight excluding hydrogens is 195 g/mol. The first-order chi connectivity index (χ1) is 5.17. The van der Waals surface area contributed by atoms with Gasteiger partial charge in [0.1, 0.15) is 0 Å². The molecule has 2 nitrogen and oxygen atoms in total. The van der Waals surface area contributed by atoms with Crippen molar-refractivity contribution in [2.24, 2.45) is 0 Å². The van der Waals surface area contributed by atoms with Gasteiger partial charge >= 0.3 is 78.8 Å². The predicted octanol–water partition coefficient (Wildman–Crippen LogP) is 2.54. The van der Waals surface area contributed by atoms with Crippen LogP contribution in [0.15, 0.2) is 0 Å². The number of rotatable bonds is 4. The summed E-state index contributed by atoms with van der Waals surface area (Å²) in [6, 6.07) is 0. The van der Waals surface area contributed by atoms with E-state index in [1.165, 1.54) is 6.92 Å². The van der Waals surface area contributed by atoms with Gasteiger partial charge in [0, 0.05) is 0 Å². The van der Waals surface area contributed by atoms with Gasteiger partial charge in [-0.25, -0.2) is 0 Å². The second-order valence-corrected chi connectivity index (χ2v) is 14.4. The molecule has 0 bridgehead atoms. The van der Waals surface area contributed by atoms with E-state index >= 15 is 0 Å². The summed E-state index contributed by atoms with van der Waals surface area (Å²) in [5.41, 5.74) is 0. The van der Waals surface area contributed by atoms with Crippen LogP contribution in [0.2, 0.25) is 0 Å². The van der Waals surface area contributed by atoms with Crippen LogP contribution >= 0.6 is 17.2 Å². The van der Waals surface area contributed by atoms with Gasteiger partial charge in [0.05, 0.1) is 0 Å². The zero-order chi connectivity index (χ0) is 9.85. The summed E-state index contributed by atoms with van der Waals surface area (Å²) >= 11 is 6.29. The minimum absolute atomic E-state index is 0.215. The van der Waals surface area contributed by atoms with Crippen molar-refractivity contribution in [2.45, 2.75) is 13.3 Å². The van der Waals surface area contributed by atoms with Crippen molar-refractivity contribution < 1.29 is 9.53 Å². The summed E-state index contributed by atoms with van der Waals surface area (Å²) in [5, 5.41) is 0. The minimum atomic E-state index is -1.90. The SMILES string of the molecule is CC(=O)OCCCP(C)(C)(C)Cl. The molecule has 12 heavy (non-hydrogen) atoms. The Kier molecular flexibility index (Phi) is 3.99. The summed E-state index contributed by atoms with van der Waals surface area (Å²) in [4.78, 5) is 10.4. The summed E-state index contributed by atoms with van der Waals surface area (Å²) in [7, 11) is 0. The third-order valence-electron chi connectivity index (χ3n) is 1.36. The Morgan fingerprint density at radius 2 is 1.92 bits per heavy atom. The van der Waals surface area contributed by atoms with E-state index in [-0.39, 0.29) is 5.97 Å². The quantitative estimate of drug-likeness (QED) is 0.407. The van der Waals surface area contributed by atoms with Crippen LogP contribution in [0.3, 0.4) is 0 Å². The van der Waals surface area contributed by atoms with E-state index in [2.05, 4.69) is 20.0 Å². The van der Waals surface area contributed by atoms with Gasteiger partial charge < -0.3 is 0 Å². The molecule has 0 radical (unpaired) electrons. The second kappa shape index (κ2) is 3.93. The number of hydrogen-bond acceptors (Lipinski definition) is 2. The Morgan fingerprint density at radius 1 is 1.42 bits per heavy atom. The number of hydrogen-bond donors (Lipinski definition) is 0. The number of carbonyl (C=O) groups is 1. The zero-order valence-corrected chi connectivity index (χ0v) is 9.91. The average Bonchev–Trinajstić information content (AvgIpc) is 1.76. The van der Waals surface area contributed by atoms with E-state index < -0.39 is 5.96 Å². The van der Waals surface area contributed by atoms with Gasteiger partial charge in [-0.3, -0.25) is 0 Å². The molecule has 0 fully saturated rings. The molecule has 0 aromatic carbocycles. The molecular formula is C8H18ClO2P. The van der Waals surface area contributed by atoms with Crippen LogP contribution < -0.4 is 0 Å². The average molecular weight is 213 g/mol. The summed E-state index contributed by atoms with van der Waals surface area (Å²) in [5.74, 6) is -2.12. The molecule has 0 aromatic heterocycles. The van der Waals surface area contributed by atoms with E-state index in [0.717, 1.165) is 12.6 Å². The van der Waals surface area contributed by atoms with E-state index in [1.807, 2.05) is 0 Å². The summed E-state index contributed by atoms with van der Waals surface area (Å²) < 4.78 is 4.81. The fraction of sp³-hybridized carbons (Fsp3) is 0.875. The Labute approximate surface area is 79.3 Å².